The van der Waals surface area contributed by atoms with Gasteiger partial charge in [-0.25, -0.2) is 0 Å². The summed E-state index contributed by atoms with van der Waals surface area (Å²) < 4.78 is 0. The van der Waals surface area contributed by atoms with Crippen molar-refractivity contribution in [2.45, 2.75) is 0 Å². The Hall–Kier alpha value is -3.11. The second-order valence-electron chi connectivity index (χ2n) is 4.98. The van der Waals surface area contributed by atoms with Crippen molar-refractivity contribution in [1.82, 2.24) is 4.98 Å². The zero-order chi connectivity index (χ0) is 16.1. The van der Waals surface area contributed by atoms with Crippen LogP contribution in [0.15, 0.2) is 79.0 Å². The van der Waals surface area contributed by atoms with E-state index < -0.39 is 0 Å². The van der Waals surface area contributed by atoms with Gasteiger partial charge in [0.15, 0.2) is 11.5 Å². The lowest BCUT2D eigenvalue weighted by Crippen LogP contribution is -2.01. The number of phenols is 1. The van der Waals surface area contributed by atoms with Crippen LogP contribution in [0.3, 0.4) is 0 Å². The average molecular weight is 304 g/mol. The van der Waals surface area contributed by atoms with Crippen molar-refractivity contribution in [1.29, 1.82) is 0 Å². The number of rotatable bonds is 1. The molecule has 3 N–H and O–H groups in total. The number of nitrogens with zero attached hydrogens (tertiary/aromatic N) is 1. The van der Waals surface area contributed by atoms with E-state index in [1.165, 1.54) is 22.2 Å². The van der Waals surface area contributed by atoms with Crippen LogP contribution in [0, 0.1) is 0 Å². The number of fused-ring (bicyclic) bond motifs is 2. The molecular formula is C19H16N2O2. The lowest BCUT2D eigenvalue weighted by atomic mass is 10.1. The zero-order valence-corrected chi connectivity index (χ0v) is 12.4. The van der Waals surface area contributed by atoms with Gasteiger partial charge < -0.3 is 9.94 Å². The van der Waals surface area contributed by atoms with Gasteiger partial charge in [0.1, 0.15) is 0 Å². The normalized spacial score (nSPS) is 10.1. The molecule has 114 valence electrons. The molecule has 0 spiro atoms. The number of nitrogens with two attached hydrogens (primary N) is 1. The van der Waals surface area contributed by atoms with Crippen molar-refractivity contribution >= 4 is 21.7 Å². The summed E-state index contributed by atoms with van der Waals surface area (Å²) >= 11 is 0. The number of phenolic OH excluding ortho intramolecular Hbond substituents is 1. The summed E-state index contributed by atoms with van der Waals surface area (Å²) in [4.78, 5) is 8.63. The molecule has 3 aromatic carbocycles. The monoisotopic (exact) mass is 304 g/mol. The molecule has 0 fully saturated rings. The summed E-state index contributed by atoms with van der Waals surface area (Å²) in [6.07, 6.45) is 1.83. The third-order valence-electron chi connectivity index (χ3n) is 3.46. The molecule has 0 unspecified atom stereocenters. The minimum Gasteiger partial charge on any atom is -0.504 e. The van der Waals surface area contributed by atoms with Gasteiger partial charge in [0, 0.05) is 11.6 Å². The molecule has 4 heteroatoms. The summed E-state index contributed by atoms with van der Waals surface area (Å²) in [5.74, 6) is 5.14. The standard InChI is InChI=1S/C13H9N.C6H7NO2/c1-2-5-11-9-13-12(6-3-7-14-13)8-10(11)4-1;7-9-6-4-2-1-3-5(6)8/h1-9H;1-4,8H,7H2. The van der Waals surface area contributed by atoms with Crippen LogP contribution < -0.4 is 10.7 Å². The fourth-order valence-electron chi connectivity index (χ4n) is 2.32. The molecule has 4 rings (SSSR count). The summed E-state index contributed by atoms with van der Waals surface area (Å²) in [6.45, 7) is 0. The Kier molecular flexibility index (Phi) is 4.36. The highest BCUT2D eigenvalue weighted by atomic mass is 16.6. The van der Waals surface area contributed by atoms with Crippen LogP contribution in [0.2, 0.25) is 0 Å². The summed E-state index contributed by atoms with van der Waals surface area (Å²) in [7, 11) is 0. The lowest BCUT2D eigenvalue weighted by Gasteiger charge is -2.00. The van der Waals surface area contributed by atoms with Crippen molar-refractivity contribution in [3.05, 3.63) is 79.0 Å². The van der Waals surface area contributed by atoms with Gasteiger partial charge >= 0.3 is 0 Å². The van der Waals surface area contributed by atoms with E-state index in [-0.39, 0.29) is 11.5 Å². The van der Waals surface area contributed by atoms with Crippen LogP contribution in [-0.4, -0.2) is 10.1 Å². The molecule has 1 heterocycles. The summed E-state index contributed by atoms with van der Waals surface area (Å²) in [5, 5.41) is 12.6. The maximum Gasteiger partial charge on any atom is 0.188 e. The number of hydrogen-bond donors (Lipinski definition) is 2. The highest BCUT2D eigenvalue weighted by Crippen LogP contribution is 2.22. The number of aromatic nitrogens is 1. The zero-order valence-electron chi connectivity index (χ0n) is 12.4. The molecule has 0 amide bonds. The number of pyridine rings is 1. The first-order chi connectivity index (χ1) is 11.3. The second-order valence-corrected chi connectivity index (χ2v) is 4.98. The van der Waals surface area contributed by atoms with E-state index in [1.54, 1.807) is 18.2 Å². The van der Waals surface area contributed by atoms with Gasteiger partial charge in [0.2, 0.25) is 0 Å². The Balaban J connectivity index is 0.000000151. The van der Waals surface area contributed by atoms with Crippen LogP contribution in [-0.2, 0) is 0 Å². The minimum absolute atomic E-state index is 0.0556. The molecule has 0 aliphatic rings. The molecule has 0 saturated heterocycles. The average Bonchev–Trinajstić information content (AvgIpc) is 2.61. The van der Waals surface area contributed by atoms with E-state index in [2.05, 4.69) is 52.3 Å². The molecule has 0 bridgehead atoms. The van der Waals surface area contributed by atoms with Crippen LogP contribution >= 0.6 is 0 Å². The Morgan fingerprint density at radius 2 is 1.43 bits per heavy atom. The Morgan fingerprint density at radius 3 is 2.13 bits per heavy atom. The molecule has 23 heavy (non-hydrogen) atoms. The van der Waals surface area contributed by atoms with Gasteiger partial charge in [0.05, 0.1) is 5.52 Å². The molecule has 4 aromatic rings. The molecule has 0 atom stereocenters. The fourth-order valence-corrected chi connectivity index (χ4v) is 2.32. The molecule has 0 aliphatic heterocycles. The predicted octanol–water partition coefficient (Wildman–Crippen LogP) is 4.03. The lowest BCUT2D eigenvalue weighted by molar-refractivity contribution is 0.313. The maximum absolute atomic E-state index is 8.91. The van der Waals surface area contributed by atoms with Gasteiger partial charge in [-0.2, -0.15) is 5.90 Å². The number of para-hydroxylation sites is 2. The van der Waals surface area contributed by atoms with Crippen LogP contribution in [0.5, 0.6) is 11.5 Å². The van der Waals surface area contributed by atoms with Crippen LogP contribution in [0.25, 0.3) is 21.7 Å². The highest BCUT2D eigenvalue weighted by Gasteiger charge is 1.96. The summed E-state index contributed by atoms with van der Waals surface area (Å²) in [5.41, 5.74) is 1.06. The smallest absolute Gasteiger partial charge is 0.188 e. The molecule has 0 aliphatic carbocycles. The van der Waals surface area contributed by atoms with Crippen molar-refractivity contribution in [2.75, 3.05) is 0 Å². The molecule has 1 aromatic heterocycles. The van der Waals surface area contributed by atoms with E-state index in [4.69, 9.17) is 11.0 Å². The topological polar surface area (TPSA) is 68.4 Å². The van der Waals surface area contributed by atoms with Gasteiger partial charge in [-0.3, -0.25) is 4.98 Å². The highest BCUT2D eigenvalue weighted by molar-refractivity contribution is 5.96. The minimum atomic E-state index is 0.0556. The van der Waals surface area contributed by atoms with E-state index in [0.29, 0.717) is 0 Å². The van der Waals surface area contributed by atoms with Crippen molar-refractivity contribution < 1.29 is 9.94 Å². The Bertz CT molecular complexity index is 833. The van der Waals surface area contributed by atoms with E-state index >= 15 is 0 Å². The number of benzene rings is 3. The van der Waals surface area contributed by atoms with Gasteiger partial charge in [-0.05, 0) is 41.1 Å². The van der Waals surface area contributed by atoms with Crippen LogP contribution in [0.4, 0.5) is 0 Å². The molecule has 0 saturated carbocycles. The van der Waals surface area contributed by atoms with E-state index in [0.717, 1.165) is 5.52 Å². The quantitative estimate of drug-likeness (QED) is 0.411. The molecule has 0 radical (unpaired) electrons. The third kappa shape index (κ3) is 3.39. The van der Waals surface area contributed by atoms with Crippen molar-refractivity contribution in [3.63, 3.8) is 0 Å². The molecular weight excluding hydrogens is 288 g/mol. The molecule has 4 nitrogen and oxygen atoms in total. The number of aromatic hydroxyl groups is 1. The van der Waals surface area contributed by atoms with Gasteiger partial charge in [0.25, 0.3) is 0 Å². The van der Waals surface area contributed by atoms with Crippen molar-refractivity contribution in [2.24, 2.45) is 5.90 Å². The largest absolute Gasteiger partial charge is 0.504 e. The van der Waals surface area contributed by atoms with Gasteiger partial charge in [-0.1, -0.05) is 42.5 Å². The van der Waals surface area contributed by atoms with Gasteiger partial charge in [-0.15, -0.1) is 0 Å². The fraction of sp³-hybridized carbons (Fsp3) is 0. The second kappa shape index (κ2) is 6.77. The SMILES string of the molecule is NOc1ccccc1O.c1ccc2cc3ncccc3cc2c1. The predicted molar refractivity (Wildman–Crippen MR) is 92.2 cm³/mol. The van der Waals surface area contributed by atoms with E-state index in [9.17, 15) is 0 Å². The first kappa shape index (κ1) is 14.8. The maximum atomic E-state index is 8.91. The third-order valence-corrected chi connectivity index (χ3v) is 3.46. The Labute approximate surface area is 133 Å². The number of hydrogen-bond acceptors (Lipinski definition) is 4. The first-order valence-electron chi connectivity index (χ1n) is 7.16. The first-order valence-corrected chi connectivity index (χ1v) is 7.16. The Morgan fingerprint density at radius 1 is 0.783 bits per heavy atom. The summed E-state index contributed by atoms with van der Waals surface area (Å²) in [6, 6.07) is 23.2. The van der Waals surface area contributed by atoms with Crippen molar-refractivity contribution in [3.8, 4) is 11.5 Å². The van der Waals surface area contributed by atoms with E-state index in [1.807, 2.05) is 12.3 Å². The van der Waals surface area contributed by atoms with Crippen LogP contribution in [0.1, 0.15) is 0 Å².